The summed E-state index contributed by atoms with van der Waals surface area (Å²) in [6.45, 7) is 4.23. The quantitative estimate of drug-likeness (QED) is 0.823. The summed E-state index contributed by atoms with van der Waals surface area (Å²) in [4.78, 5) is 0. The molecule has 0 atom stereocenters. The van der Waals surface area contributed by atoms with Crippen LogP contribution in [0, 0.1) is 13.8 Å². The molecule has 0 bridgehead atoms. The Morgan fingerprint density at radius 3 is 2.35 bits per heavy atom. The zero-order valence-corrected chi connectivity index (χ0v) is 10.5. The van der Waals surface area contributed by atoms with Gasteiger partial charge in [-0.2, -0.15) is 0 Å². The molecule has 0 saturated carbocycles. The molecule has 0 amide bonds. The third-order valence-electron chi connectivity index (χ3n) is 2.81. The predicted octanol–water partition coefficient (Wildman–Crippen LogP) is 4.09. The van der Waals surface area contributed by atoms with Gasteiger partial charge < -0.3 is 10.6 Å². The molecule has 2 heteroatoms. The monoisotopic (exact) mass is 226 g/mol. The number of rotatable bonds is 3. The van der Waals surface area contributed by atoms with Gasteiger partial charge in [-0.05, 0) is 43.7 Å². The molecule has 0 heterocycles. The second kappa shape index (κ2) is 4.91. The van der Waals surface area contributed by atoms with Crippen LogP contribution in [0.15, 0.2) is 42.5 Å². The molecule has 17 heavy (non-hydrogen) atoms. The molecule has 2 aromatic carbocycles. The lowest BCUT2D eigenvalue weighted by Crippen LogP contribution is -1.95. The molecule has 2 N–H and O–H groups in total. The zero-order valence-electron chi connectivity index (χ0n) is 10.5. The number of hydrogen-bond acceptors (Lipinski definition) is 2. The minimum Gasteiger partial charge on any atom is -0.388 e. The van der Waals surface area contributed by atoms with Crippen molar-refractivity contribution in [2.45, 2.75) is 13.8 Å². The number of aryl methyl sites for hydroxylation is 2. The molecule has 0 aromatic heterocycles. The van der Waals surface area contributed by atoms with Crippen LogP contribution in [0.2, 0.25) is 0 Å². The van der Waals surface area contributed by atoms with Crippen LogP contribution in [-0.2, 0) is 0 Å². The van der Waals surface area contributed by atoms with Crippen molar-refractivity contribution in [2.75, 3.05) is 17.7 Å². The van der Waals surface area contributed by atoms with Gasteiger partial charge in [0.25, 0.3) is 0 Å². The Balaban J connectivity index is 2.25. The second-order valence-corrected chi connectivity index (χ2v) is 4.27. The van der Waals surface area contributed by atoms with Crippen molar-refractivity contribution in [3.8, 4) is 0 Å². The van der Waals surface area contributed by atoms with Crippen LogP contribution < -0.4 is 10.6 Å². The first kappa shape index (κ1) is 11.5. The van der Waals surface area contributed by atoms with E-state index in [4.69, 9.17) is 0 Å². The van der Waals surface area contributed by atoms with Crippen LogP contribution in [0.4, 0.5) is 17.1 Å². The average Bonchev–Trinajstić information content (AvgIpc) is 2.33. The van der Waals surface area contributed by atoms with Crippen molar-refractivity contribution in [1.29, 1.82) is 0 Å². The minimum atomic E-state index is 1.10. The van der Waals surface area contributed by atoms with E-state index in [9.17, 15) is 0 Å². The van der Waals surface area contributed by atoms with Gasteiger partial charge in [-0.25, -0.2) is 0 Å². The van der Waals surface area contributed by atoms with E-state index in [1.54, 1.807) is 0 Å². The summed E-state index contributed by atoms with van der Waals surface area (Å²) in [6, 6.07) is 14.7. The van der Waals surface area contributed by atoms with Crippen molar-refractivity contribution in [3.05, 3.63) is 53.6 Å². The van der Waals surface area contributed by atoms with Crippen LogP contribution in [0.1, 0.15) is 11.1 Å². The maximum Gasteiger partial charge on any atom is 0.0414 e. The van der Waals surface area contributed by atoms with E-state index >= 15 is 0 Å². The van der Waals surface area contributed by atoms with Crippen molar-refractivity contribution in [2.24, 2.45) is 0 Å². The summed E-state index contributed by atoms with van der Waals surface area (Å²) >= 11 is 0. The second-order valence-electron chi connectivity index (χ2n) is 4.27. The molecular weight excluding hydrogens is 208 g/mol. The molecule has 0 radical (unpaired) electrons. The van der Waals surface area contributed by atoms with Crippen LogP contribution in [0.5, 0.6) is 0 Å². The van der Waals surface area contributed by atoms with Crippen molar-refractivity contribution in [1.82, 2.24) is 0 Å². The van der Waals surface area contributed by atoms with Gasteiger partial charge in [0, 0.05) is 24.1 Å². The Bertz CT molecular complexity index is 518. The predicted molar refractivity (Wildman–Crippen MR) is 75.2 cm³/mol. The first-order valence-corrected chi connectivity index (χ1v) is 5.81. The number of anilines is 3. The Morgan fingerprint density at radius 2 is 1.65 bits per heavy atom. The fourth-order valence-corrected chi connectivity index (χ4v) is 1.86. The highest BCUT2D eigenvalue weighted by atomic mass is 14.9. The Labute approximate surface area is 103 Å². The third kappa shape index (κ3) is 2.78. The van der Waals surface area contributed by atoms with Gasteiger partial charge in [0.1, 0.15) is 0 Å². The summed E-state index contributed by atoms with van der Waals surface area (Å²) < 4.78 is 0. The molecule has 0 aliphatic heterocycles. The van der Waals surface area contributed by atoms with E-state index in [2.05, 4.69) is 54.8 Å². The van der Waals surface area contributed by atoms with E-state index in [1.165, 1.54) is 11.1 Å². The minimum absolute atomic E-state index is 1.10. The smallest absolute Gasteiger partial charge is 0.0414 e. The molecule has 0 aliphatic carbocycles. The molecule has 2 aromatic rings. The molecule has 0 fully saturated rings. The molecule has 0 saturated heterocycles. The Hall–Kier alpha value is -1.96. The van der Waals surface area contributed by atoms with Crippen molar-refractivity contribution < 1.29 is 0 Å². The molecule has 2 nitrogen and oxygen atoms in total. The fraction of sp³-hybridized carbons (Fsp3) is 0.200. The summed E-state index contributed by atoms with van der Waals surface area (Å²) in [5.41, 5.74) is 5.92. The number of benzene rings is 2. The molecular formula is C15H18N2. The van der Waals surface area contributed by atoms with Gasteiger partial charge in [0.2, 0.25) is 0 Å². The summed E-state index contributed by atoms with van der Waals surface area (Å²) in [5, 5.41) is 6.57. The van der Waals surface area contributed by atoms with Gasteiger partial charge in [0.15, 0.2) is 0 Å². The van der Waals surface area contributed by atoms with Crippen LogP contribution >= 0.6 is 0 Å². The molecule has 0 unspecified atom stereocenters. The van der Waals surface area contributed by atoms with Gasteiger partial charge in [-0.15, -0.1) is 0 Å². The van der Waals surface area contributed by atoms with Gasteiger partial charge in [0.05, 0.1) is 0 Å². The molecule has 0 aliphatic rings. The van der Waals surface area contributed by atoms with E-state index in [1.807, 2.05) is 19.2 Å². The standard InChI is InChI=1S/C15H18N2/c1-11-7-8-15(12(2)9-11)17-14-6-4-5-13(10-14)16-3/h4-10,16-17H,1-3H3. The normalized spacial score (nSPS) is 10.1. The maximum atomic E-state index is 3.43. The van der Waals surface area contributed by atoms with Crippen LogP contribution in [0.25, 0.3) is 0 Å². The summed E-state index contributed by atoms with van der Waals surface area (Å²) in [6.07, 6.45) is 0. The van der Waals surface area contributed by atoms with Gasteiger partial charge >= 0.3 is 0 Å². The highest BCUT2D eigenvalue weighted by molar-refractivity contribution is 5.66. The van der Waals surface area contributed by atoms with E-state index in [-0.39, 0.29) is 0 Å². The van der Waals surface area contributed by atoms with E-state index in [0.29, 0.717) is 0 Å². The number of nitrogens with one attached hydrogen (secondary N) is 2. The lowest BCUT2D eigenvalue weighted by atomic mass is 10.1. The first-order chi connectivity index (χ1) is 8.19. The number of hydrogen-bond donors (Lipinski definition) is 2. The Kier molecular flexibility index (Phi) is 3.33. The average molecular weight is 226 g/mol. The van der Waals surface area contributed by atoms with Crippen LogP contribution in [-0.4, -0.2) is 7.05 Å². The van der Waals surface area contributed by atoms with Crippen molar-refractivity contribution in [3.63, 3.8) is 0 Å². The molecule has 2 rings (SSSR count). The highest BCUT2D eigenvalue weighted by Crippen LogP contribution is 2.23. The maximum absolute atomic E-state index is 3.43. The molecule has 0 spiro atoms. The summed E-state index contributed by atoms with van der Waals surface area (Å²) in [5.74, 6) is 0. The summed E-state index contributed by atoms with van der Waals surface area (Å²) in [7, 11) is 1.93. The fourth-order valence-electron chi connectivity index (χ4n) is 1.86. The van der Waals surface area contributed by atoms with Crippen molar-refractivity contribution >= 4 is 17.1 Å². The van der Waals surface area contributed by atoms with E-state index < -0.39 is 0 Å². The zero-order chi connectivity index (χ0) is 12.3. The van der Waals surface area contributed by atoms with Crippen LogP contribution in [0.3, 0.4) is 0 Å². The highest BCUT2D eigenvalue weighted by Gasteiger charge is 1.99. The first-order valence-electron chi connectivity index (χ1n) is 5.81. The SMILES string of the molecule is CNc1cccc(Nc2ccc(C)cc2C)c1. The largest absolute Gasteiger partial charge is 0.388 e. The van der Waals surface area contributed by atoms with E-state index in [0.717, 1.165) is 17.1 Å². The molecule has 88 valence electrons. The lowest BCUT2D eigenvalue weighted by molar-refractivity contribution is 1.37. The Morgan fingerprint density at radius 1 is 0.882 bits per heavy atom. The topological polar surface area (TPSA) is 24.1 Å². The lowest BCUT2D eigenvalue weighted by Gasteiger charge is -2.11. The third-order valence-corrected chi connectivity index (χ3v) is 2.81. The van der Waals surface area contributed by atoms with Gasteiger partial charge in [-0.3, -0.25) is 0 Å². The van der Waals surface area contributed by atoms with Gasteiger partial charge in [-0.1, -0.05) is 23.8 Å².